The van der Waals surface area contributed by atoms with E-state index in [1.54, 1.807) is 6.07 Å². The number of rotatable bonds is 3. The van der Waals surface area contributed by atoms with Crippen LogP contribution in [0.3, 0.4) is 0 Å². The van der Waals surface area contributed by atoms with Crippen molar-refractivity contribution < 1.29 is 14.7 Å². The number of aryl methyl sites for hydroxylation is 2. The van der Waals surface area contributed by atoms with Crippen LogP contribution in [0.5, 0.6) is 0 Å². The lowest BCUT2D eigenvalue weighted by atomic mass is 9.89. The van der Waals surface area contributed by atoms with Crippen molar-refractivity contribution in [3.63, 3.8) is 0 Å². The number of hydrogen-bond acceptors (Lipinski definition) is 3. The number of hydrogen-bond donors (Lipinski definition) is 3. The Hall–Kier alpha value is -1.88. The van der Waals surface area contributed by atoms with E-state index in [-0.39, 0.29) is 12.0 Å². The van der Waals surface area contributed by atoms with Gasteiger partial charge in [-0.15, -0.1) is 0 Å². The van der Waals surface area contributed by atoms with Gasteiger partial charge in [-0.2, -0.15) is 0 Å². The number of aliphatic hydroxyl groups excluding tert-OH is 1. The van der Waals surface area contributed by atoms with E-state index in [4.69, 9.17) is 0 Å². The molecular weight excluding hydrogens is 268 g/mol. The van der Waals surface area contributed by atoms with E-state index in [1.807, 2.05) is 46.8 Å². The summed E-state index contributed by atoms with van der Waals surface area (Å²) in [5, 5.41) is 14.8. The lowest BCUT2D eigenvalue weighted by Gasteiger charge is -2.25. The number of carbonyl (C=O) groups excluding carboxylic acids is 2. The third kappa shape index (κ3) is 5.19. The molecule has 0 aliphatic heterocycles. The van der Waals surface area contributed by atoms with Gasteiger partial charge < -0.3 is 15.7 Å². The lowest BCUT2D eigenvalue weighted by molar-refractivity contribution is -0.136. The number of aliphatic hydroxyl groups is 1. The van der Waals surface area contributed by atoms with Crippen LogP contribution in [0.25, 0.3) is 0 Å². The topological polar surface area (TPSA) is 78.4 Å². The summed E-state index contributed by atoms with van der Waals surface area (Å²) >= 11 is 0. The Kier molecular flexibility index (Phi) is 5.49. The summed E-state index contributed by atoms with van der Waals surface area (Å²) in [6.45, 7) is 9.53. The van der Waals surface area contributed by atoms with Crippen LogP contribution in [0.4, 0.5) is 5.69 Å². The Morgan fingerprint density at radius 2 is 1.76 bits per heavy atom. The molecule has 5 nitrogen and oxygen atoms in total. The minimum absolute atomic E-state index is 0.0443. The zero-order valence-electron chi connectivity index (χ0n) is 13.3. The van der Waals surface area contributed by atoms with Gasteiger partial charge in [-0.3, -0.25) is 9.59 Å². The first-order valence-electron chi connectivity index (χ1n) is 6.95. The van der Waals surface area contributed by atoms with Gasteiger partial charge in [0.25, 0.3) is 0 Å². The molecule has 1 aromatic carbocycles. The fourth-order valence-electron chi connectivity index (χ4n) is 1.58. The maximum Gasteiger partial charge on any atom is 0.313 e. The highest BCUT2D eigenvalue weighted by molar-refractivity contribution is 6.39. The molecule has 0 fully saturated rings. The Morgan fingerprint density at radius 1 is 1.14 bits per heavy atom. The normalized spacial score (nSPS) is 12.7. The molecule has 2 amide bonds. The lowest BCUT2D eigenvalue weighted by Crippen LogP contribution is -2.43. The van der Waals surface area contributed by atoms with Crippen molar-refractivity contribution in [3.05, 3.63) is 29.3 Å². The van der Waals surface area contributed by atoms with Gasteiger partial charge in [-0.05, 0) is 42.5 Å². The highest BCUT2D eigenvalue weighted by Gasteiger charge is 2.23. The van der Waals surface area contributed by atoms with Crippen molar-refractivity contribution in [1.29, 1.82) is 0 Å². The van der Waals surface area contributed by atoms with E-state index in [9.17, 15) is 14.7 Å². The minimum atomic E-state index is -0.753. The average molecular weight is 292 g/mol. The van der Waals surface area contributed by atoms with Gasteiger partial charge in [0.05, 0.1) is 6.10 Å². The van der Waals surface area contributed by atoms with Gasteiger partial charge in [0.15, 0.2) is 0 Å². The smallest absolute Gasteiger partial charge is 0.313 e. The third-order valence-electron chi connectivity index (χ3n) is 3.43. The summed E-state index contributed by atoms with van der Waals surface area (Å²) < 4.78 is 0. The van der Waals surface area contributed by atoms with Crippen molar-refractivity contribution in [3.8, 4) is 0 Å². The van der Waals surface area contributed by atoms with Gasteiger partial charge in [0, 0.05) is 12.2 Å². The van der Waals surface area contributed by atoms with Crippen LogP contribution in [0.2, 0.25) is 0 Å². The first-order chi connectivity index (χ1) is 9.61. The van der Waals surface area contributed by atoms with Crippen molar-refractivity contribution >= 4 is 17.5 Å². The Labute approximate surface area is 125 Å². The molecule has 0 aliphatic carbocycles. The number of benzene rings is 1. The third-order valence-corrected chi connectivity index (χ3v) is 3.43. The fraction of sp³-hybridized carbons (Fsp3) is 0.500. The molecule has 0 aromatic heterocycles. The first-order valence-corrected chi connectivity index (χ1v) is 6.95. The van der Waals surface area contributed by atoms with Gasteiger partial charge in [0.2, 0.25) is 0 Å². The van der Waals surface area contributed by atoms with Gasteiger partial charge in [-0.1, -0.05) is 26.8 Å². The van der Waals surface area contributed by atoms with Crippen molar-refractivity contribution in [2.45, 2.75) is 40.7 Å². The molecule has 3 N–H and O–H groups in total. The van der Waals surface area contributed by atoms with Gasteiger partial charge >= 0.3 is 11.8 Å². The molecule has 0 saturated heterocycles. The number of anilines is 1. The molecule has 1 aromatic rings. The Bertz CT molecular complexity index is 533. The van der Waals surface area contributed by atoms with E-state index < -0.39 is 17.9 Å². The molecule has 0 spiro atoms. The SMILES string of the molecule is Cc1ccc(NC(=O)C(=O)NCC(O)C(C)(C)C)cc1C. The summed E-state index contributed by atoms with van der Waals surface area (Å²) in [4.78, 5) is 23.5. The molecule has 1 rings (SSSR count). The highest BCUT2D eigenvalue weighted by atomic mass is 16.3. The molecule has 0 radical (unpaired) electrons. The summed E-state index contributed by atoms with van der Waals surface area (Å²) in [5.74, 6) is -1.49. The Morgan fingerprint density at radius 3 is 2.29 bits per heavy atom. The zero-order chi connectivity index (χ0) is 16.2. The second kappa shape index (κ2) is 6.72. The average Bonchev–Trinajstić information content (AvgIpc) is 2.38. The van der Waals surface area contributed by atoms with Crippen LogP contribution in [-0.2, 0) is 9.59 Å². The number of amides is 2. The quantitative estimate of drug-likeness (QED) is 0.743. The molecule has 1 atom stereocenters. The summed E-state index contributed by atoms with van der Waals surface area (Å²) in [7, 11) is 0. The van der Waals surface area contributed by atoms with Crippen LogP contribution in [-0.4, -0.2) is 29.6 Å². The van der Waals surface area contributed by atoms with Crippen LogP contribution in [0.15, 0.2) is 18.2 Å². The molecule has 0 aliphatic rings. The minimum Gasteiger partial charge on any atom is -0.391 e. The van der Waals surface area contributed by atoms with Crippen molar-refractivity contribution in [1.82, 2.24) is 5.32 Å². The van der Waals surface area contributed by atoms with Crippen LogP contribution < -0.4 is 10.6 Å². The molecule has 0 bridgehead atoms. The second-order valence-corrected chi connectivity index (χ2v) is 6.35. The standard InChI is InChI=1S/C16H24N2O3/c1-10-6-7-12(8-11(10)2)18-15(21)14(20)17-9-13(19)16(3,4)5/h6-8,13,19H,9H2,1-5H3,(H,17,20)(H,18,21). The zero-order valence-corrected chi connectivity index (χ0v) is 13.3. The van der Waals surface area contributed by atoms with Gasteiger partial charge in [-0.25, -0.2) is 0 Å². The molecule has 5 heteroatoms. The molecular formula is C16H24N2O3. The second-order valence-electron chi connectivity index (χ2n) is 6.35. The van der Waals surface area contributed by atoms with E-state index in [2.05, 4.69) is 10.6 Å². The largest absolute Gasteiger partial charge is 0.391 e. The van der Waals surface area contributed by atoms with Crippen LogP contribution >= 0.6 is 0 Å². The fourth-order valence-corrected chi connectivity index (χ4v) is 1.58. The molecule has 116 valence electrons. The van der Waals surface area contributed by atoms with E-state index >= 15 is 0 Å². The predicted molar refractivity (Wildman–Crippen MR) is 83.0 cm³/mol. The van der Waals surface area contributed by atoms with Crippen LogP contribution in [0.1, 0.15) is 31.9 Å². The van der Waals surface area contributed by atoms with Gasteiger partial charge in [0.1, 0.15) is 0 Å². The predicted octanol–water partition coefficient (Wildman–Crippen LogP) is 1.77. The molecule has 21 heavy (non-hydrogen) atoms. The maximum absolute atomic E-state index is 11.8. The van der Waals surface area contributed by atoms with E-state index in [0.29, 0.717) is 5.69 Å². The number of carbonyl (C=O) groups is 2. The maximum atomic E-state index is 11.8. The molecule has 1 unspecified atom stereocenters. The molecule has 0 heterocycles. The molecule has 0 saturated carbocycles. The summed E-state index contributed by atoms with van der Waals surface area (Å²) in [5.41, 5.74) is 2.38. The summed E-state index contributed by atoms with van der Waals surface area (Å²) in [6, 6.07) is 5.44. The summed E-state index contributed by atoms with van der Waals surface area (Å²) in [6.07, 6.45) is -0.712. The highest BCUT2D eigenvalue weighted by Crippen LogP contribution is 2.18. The van der Waals surface area contributed by atoms with Crippen LogP contribution in [0, 0.1) is 19.3 Å². The van der Waals surface area contributed by atoms with Crippen molar-refractivity contribution in [2.24, 2.45) is 5.41 Å². The first kappa shape index (κ1) is 17.2. The van der Waals surface area contributed by atoms with E-state index in [0.717, 1.165) is 11.1 Å². The Balaban J connectivity index is 2.55. The number of nitrogens with one attached hydrogen (secondary N) is 2. The van der Waals surface area contributed by atoms with Crippen molar-refractivity contribution in [2.75, 3.05) is 11.9 Å². The monoisotopic (exact) mass is 292 g/mol. The van der Waals surface area contributed by atoms with E-state index in [1.165, 1.54) is 0 Å².